The van der Waals surface area contributed by atoms with Crippen molar-refractivity contribution in [1.29, 1.82) is 0 Å². The number of halogens is 1. The average molecular weight is 486 g/mol. The summed E-state index contributed by atoms with van der Waals surface area (Å²) in [5, 5.41) is 14.6. The first-order chi connectivity index (χ1) is 14.0. The number of non-ortho nitro benzene ring substituents is 1. The third-order valence-electron chi connectivity index (χ3n) is 4.21. The molecule has 2 aromatic heterocycles. The number of hydrogen-bond acceptors (Lipinski definition) is 7. The van der Waals surface area contributed by atoms with Crippen molar-refractivity contribution in [3.63, 3.8) is 0 Å². The van der Waals surface area contributed by atoms with Crippen LogP contribution < -0.4 is 0 Å². The van der Waals surface area contributed by atoms with E-state index < -0.39 is 4.92 Å². The van der Waals surface area contributed by atoms with Gasteiger partial charge in [0.2, 0.25) is 0 Å². The molecule has 4 aromatic rings. The Hall–Kier alpha value is -2.62. The van der Waals surface area contributed by atoms with Crippen molar-refractivity contribution in [3.8, 4) is 11.1 Å². The molecule has 2 heterocycles. The average Bonchev–Trinajstić information content (AvgIpc) is 3.17. The van der Waals surface area contributed by atoms with E-state index in [2.05, 4.69) is 25.9 Å². The molecule has 9 heteroatoms. The van der Waals surface area contributed by atoms with E-state index in [1.807, 2.05) is 29.6 Å². The number of benzene rings is 2. The molecule has 0 fully saturated rings. The summed E-state index contributed by atoms with van der Waals surface area (Å²) >= 11 is 6.28. The SMILES string of the molecule is O=C(CSc1ncnc2scc(-c3ccc(Br)cc3)c12)c1cccc([N+](=O)[O-])c1. The monoisotopic (exact) mass is 485 g/mol. The second kappa shape index (κ2) is 8.40. The number of hydrogen-bond donors (Lipinski definition) is 0. The molecule has 0 saturated heterocycles. The Morgan fingerprint density at radius 1 is 1.17 bits per heavy atom. The highest BCUT2D eigenvalue weighted by molar-refractivity contribution is 9.10. The predicted octanol–water partition coefficient (Wildman–Crippen LogP) is 6.00. The van der Waals surface area contributed by atoms with Crippen LogP contribution in [0.5, 0.6) is 0 Å². The fourth-order valence-electron chi connectivity index (χ4n) is 2.81. The molecule has 0 unspecified atom stereocenters. The van der Waals surface area contributed by atoms with Gasteiger partial charge >= 0.3 is 0 Å². The van der Waals surface area contributed by atoms with Gasteiger partial charge in [0.25, 0.3) is 5.69 Å². The topological polar surface area (TPSA) is 86.0 Å². The van der Waals surface area contributed by atoms with E-state index >= 15 is 0 Å². The smallest absolute Gasteiger partial charge is 0.270 e. The van der Waals surface area contributed by atoms with Crippen LogP contribution in [0.25, 0.3) is 21.3 Å². The van der Waals surface area contributed by atoms with E-state index in [0.29, 0.717) is 10.6 Å². The number of fused-ring (bicyclic) bond motifs is 1. The van der Waals surface area contributed by atoms with Crippen LogP contribution in [-0.4, -0.2) is 26.4 Å². The lowest BCUT2D eigenvalue weighted by atomic mass is 10.1. The first kappa shape index (κ1) is 19.7. The van der Waals surface area contributed by atoms with Gasteiger partial charge in [-0.1, -0.05) is 52.0 Å². The molecule has 0 atom stereocenters. The highest BCUT2D eigenvalue weighted by Gasteiger charge is 2.16. The molecular formula is C20H12BrN3O3S2. The van der Waals surface area contributed by atoms with Gasteiger partial charge < -0.3 is 0 Å². The first-order valence-corrected chi connectivity index (χ1v) is 11.1. The molecule has 0 N–H and O–H groups in total. The Kier molecular flexibility index (Phi) is 5.70. The molecule has 144 valence electrons. The van der Waals surface area contributed by atoms with Crippen molar-refractivity contribution in [1.82, 2.24) is 9.97 Å². The van der Waals surface area contributed by atoms with Crippen molar-refractivity contribution in [2.24, 2.45) is 0 Å². The summed E-state index contributed by atoms with van der Waals surface area (Å²) < 4.78 is 0.995. The molecule has 0 aliphatic heterocycles. The summed E-state index contributed by atoms with van der Waals surface area (Å²) in [4.78, 5) is 32.6. The van der Waals surface area contributed by atoms with Crippen LogP contribution in [0.4, 0.5) is 5.69 Å². The number of nitrogens with zero attached hydrogens (tertiary/aromatic N) is 3. The zero-order valence-electron chi connectivity index (χ0n) is 14.7. The Labute approximate surface area is 182 Å². The number of nitro benzene ring substituents is 1. The quantitative estimate of drug-likeness (QED) is 0.109. The lowest BCUT2D eigenvalue weighted by Gasteiger charge is -2.06. The number of nitro groups is 1. The minimum Gasteiger partial charge on any atom is -0.293 e. The van der Waals surface area contributed by atoms with Gasteiger partial charge in [-0.2, -0.15) is 0 Å². The number of Topliss-reactive ketones (excluding diaryl/α,β-unsaturated/α-hetero) is 1. The number of thiophene rings is 1. The van der Waals surface area contributed by atoms with Gasteiger partial charge in [0.1, 0.15) is 16.2 Å². The maximum atomic E-state index is 12.6. The molecule has 4 rings (SSSR count). The number of carbonyl (C=O) groups is 1. The second-order valence-corrected chi connectivity index (χ2v) is 8.77. The minimum absolute atomic E-state index is 0.0966. The molecule has 0 saturated carbocycles. The van der Waals surface area contributed by atoms with E-state index in [9.17, 15) is 14.9 Å². The highest BCUT2D eigenvalue weighted by atomic mass is 79.9. The van der Waals surface area contributed by atoms with E-state index in [-0.39, 0.29) is 17.2 Å². The van der Waals surface area contributed by atoms with E-state index in [0.717, 1.165) is 25.8 Å². The van der Waals surface area contributed by atoms with Gasteiger partial charge in [0.15, 0.2) is 5.78 Å². The van der Waals surface area contributed by atoms with E-state index in [1.54, 1.807) is 6.07 Å². The first-order valence-electron chi connectivity index (χ1n) is 8.41. The van der Waals surface area contributed by atoms with Crippen LogP contribution in [0.1, 0.15) is 10.4 Å². The van der Waals surface area contributed by atoms with Crippen LogP contribution in [0, 0.1) is 10.1 Å². The second-order valence-electron chi connectivity index (χ2n) is 6.03. The molecule has 0 bridgehead atoms. The molecule has 0 radical (unpaired) electrons. The normalized spacial score (nSPS) is 10.9. The fraction of sp³-hybridized carbons (Fsp3) is 0.0500. The van der Waals surface area contributed by atoms with Gasteiger partial charge in [-0.05, 0) is 17.7 Å². The van der Waals surface area contributed by atoms with Crippen molar-refractivity contribution in [2.75, 3.05) is 5.75 Å². The molecule has 29 heavy (non-hydrogen) atoms. The molecule has 0 amide bonds. The molecule has 0 aliphatic rings. The number of thioether (sulfide) groups is 1. The highest BCUT2D eigenvalue weighted by Crippen LogP contribution is 2.38. The van der Waals surface area contributed by atoms with Crippen molar-refractivity contribution >= 4 is 60.7 Å². The molecule has 0 aliphatic carbocycles. The van der Waals surface area contributed by atoms with Crippen LogP contribution >= 0.6 is 39.0 Å². The molecule has 2 aromatic carbocycles. The Balaban J connectivity index is 1.62. The Morgan fingerprint density at radius 2 is 1.97 bits per heavy atom. The zero-order valence-corrected chi connectivity index (χ0v) is 18.0. The van der Waals surface area contributed by atoms with Gasteiger partial charge in [-0.25, -0.2) is 9.97 Å². The van der Waals surface area contributed by atoms with Crippen molar-refractivity contribution in [2.45, 2.75) is 5.03 Å². The number of aromatic nitrogens is 2. The third-order valence-corrected chi connectivity index (χ3v) is 6.61. The number of ketones is 1. The maximum Gasteiger partial charge on any atom is 0.270 e. The third kappa shape index (κ3) is 4.21. The molecule has 6 nitrogen and oxygen atoms in total. The zero-order chi connectivity index (χ0) is 20.4. The summed E-state index contributed by atoms with van der Waals surface area (Å²) in [5.74, 6) is -0.0611. The van der Waals surface area contributed by atoms with Crippen LogP contribution in [0.3, 0.4) is 0 Å². The van der Waals surface area contributed by atoms with Gasteiger partial charge in [-0.15, -0.1) is 11.3 Å². The van der Waals surface area contributed by atoms with Gasteiger partial charge in [0, 0.05) is 33.1 Å². The summed E-state index contributed by atoms with van der Waals surface area (Å²) in [6.07, 6.45) is 1.49. The molecule has 0 spiro atoms. The largest absolute Gasteiger partial charge is 0.293 e. The van der Waals surface area contributed by atoms with Crippen molar-refractivity contribution < 1.29 is 9.72 Å². The lowest BCUT2D eigenvalue weighted by molar-refractivity contribution is -0.384. The summed E-state index contributed by atoms with van der Waals surface area (Å²) in [5.41, 5.74) is 2.28. The predicted molar refractivity (Wildman–Crippen MR) is 119 cm³/mol. The lowest BCUT2D eigenvalue weighted by Crippen LogP contribution is -2.03. The molecular weight excluding hydrogens is 474 g/mol. The summed E-state index contributed by atoms with van der Waals surface area (Å²) in [6, 6.07) is 13.8. The Morgan fingerprint density at radius 3 is 2.72 bits per heavy atom. The van der Waals surface area contributed by atoms with E-state index in [1.165, 1.54) is 47.6 Å². The number of carbonyl (C=O) groups excluding carboxylic acids is 1. The summed E-state index contributed by atoms with van der Waals surface area (Å²) in [7, 11) is 0. The van der Waals surface area contributed by atoms with Gasteiger partial charge in [0.05, 0.1) is 16.1 Å². The number of rotatable bonds is 6. The standard InChI is InChI=1S/C20H12BrN3O3S2/c21-14-6-4-12(5-7-14)16-9-28-19-18(16)20(23-11-22-19)29-10-17(25)13-2-1-3-15(8-13)24(26)27/h1-9,11H,10H2. The van der Waals surface area contributed by atoms with E-state index in [4.69, 9.17) is 0 Å². The minimum atomic E-state index is -0.506. The van der Waals surface area contributed by atoms with Crippen molar-refractivity contribution in [3.05, 3.63) is 80.4 Å². The summed E-state index contributed by atoms with van der Waals surface area (Å²) in [6.45, 7) is 0. The van der Waals surface area contributed by atoms with Crippen LogP contribution in [0.2, 0.25) is 0 Å². The maximum absolute atomic E-state index is 12.6. The van der Waals surface area contributed by atoms with Gasteiger partial charge in [-0.3, -0.25) is 14.9 Å². The van der Waals surface area contributed by atoms with Crippen LogP contribution in [0.15, 0.2) is 69.7 Å². The Bertz CT molecular complexity index is 1230. The van der Waals surface area contributed by atoms with Crippen LogP contribution in [-0.2, 0) is 0 Å². The fourth-order valence-corrected chi connectivity index (χ4v) is 4.96.